The van der Waals surface area contributed by atoms with Crippen LogP contribution in [-0.2, 0) is 14.3 Å². The molecule has 0 atom stereocenters. The molecule has 9 heteroatoms. The van der Waals surface area contributed by atoms with Crippen molar-refractivity contribution < 1.29 is 23.9 Å². The molecule has 128 valence electrons. The minimum absolute atomic E-state index is 0.242. The quantitative estimate of drug-likeness (QED) is 0.473. The Morgan fingerprint density at radius 2 is 1.92 bits per heavy atom. The largest absolute Gasteiger partial charge is 0.492 e. The van der Waals surface area contributed by atoms with Crippen LogP contribution in [0.5, 0.6) is 5.75 Å². The predicted molar refractivity (Wildman–Crippen MR) is 97.7 cm³/mol. The SMILES string of the molecule is CCOc1c(Br)cc(C=C2SC(=O)N(CC(=O)OC)C2=O)cc1Br. The molecule has 0 saturated carbocycles. The van der Waals surface area contributed by atoms with E-state index in [2.05, 4.69) is 36.6 Å². The van der Waals surface area contributed by atoms with E-state index in [9.17, 15) is 14.4 Å². The highest BCUT2D eigenvalue weighted by Crippen LogP contribution is 2.37. The van der Waals surface area contributed by atoms with E-state index in [1.54, 1.807) is 18.2 Å². The van der Waals surface area contributed by atoms with Crippen LogP contribution in [0.15, 0.2) is 26.0 Å². The zero-order valence-electron chi connectivity index (χ0n) is 12.8. The van der Waals surface area contributed by atoms with Crippen LogP contribution < -0.4 is 4.74 Å². The van der Waals surface area contributed by atoms with Crippen LogP contribution in [0.25, 0.3) is 6.08 Å². The average molecular weight is 479 g/mol. The van der Waals surface area contributed by atoms with Gasteiger partial charge < -0.3 is 9.47 Å². The van der Waals surface area contributed by atoms with E-state index in [0.717, 1.165) is 25.6 Å². The molecule has 2 amide bonds. The Morgan fingerprint density at radius 1 is 1.29 bits per heavy atom. The number of ether oxygens (including phenoxy) is 2. The summed E-state index contributed by atoms with van der Waals surface area (Å²) >= 11 is 7.61. The number of amides is 2. The molecular weight excluding hydrogens is 466 g/mol. The molecule has 0 aliphatic carbocycles. The summed E-state index contributed by atoms with van der Waals surface area (Å²) in [6.07, 6.45) is 1.59. The Bertz CT molecular complexity index is 712. The fraction of sp³-hybridized carbons (Fsp3) is 0.267. The molecule has 1 aromatic rings. The second kappa shape index (κ2) is 8.17. The molecule has 6 nitrogen and oxygen atoms in total. The van der Waals surface area contributed by atoms with Gasteiger partial charge in [-0.3, -0.25) is 19.3 Å². The van der Waals surface area contributed by atoms with Crippen LogP contribution in [-0.4, -0.2) is 42.3 Å². The number of carbonyl (C=O) groups excluding carboxylic acids is 3. The van der Waals surface area contributed by atoms with Crippen LogP contribution >= 0.6 is 43.6 Å². The number of methoxy groups -OCH3 is 1. The van der Waals surface area contributed by atoms with Crippen molar-refractivity contribution in [3.8, 4) is 5.75 Å². The maximum Gasteiger partial charge on any atom is 0.325 e. The smallest absolute Gasteiger partial charge is 0.325 e. The van der Waals surface area contributed by atoms with Gasteiger partial charge in [0.15, 0.2) is 0 Å². The Morgan fingerprint density at radius 3 is 2.46 bits per heavy atom. The third-order valence-electron chi connectivity index (χ3n) is 3.00. The summed E-state index contributed by atoms with van der Waals surface area (Å²) in [6, 6.07) is 3.56. The number of esters is 1. The lowest BCUT2D eigenvalue weighted by atomic mass is 10.2. The minimum atomic E-state index is -0.648. The molecule has 0 bridgehead atoms. The molecule has 0 N–H and O–H groups in total. The van der Waals surface area contributed by atoms with E-state index in [1.165, 1.54) is 7.11 Å². The van der Waals surface area contributed by atoms with Crippen LogP contribution in [0.2, 0.25) is 0 Å². The van der Waals surface area contributed by atoms with Crippen LogP contribution in [0, 0.1) is 0 Å². The Kier molecular flexibility index (Phi) is 6.47. The van der Waals surface area contributed by atoms with Gasteiger partial charge in [0.1, 0.15) is 12.3 Å². The fourth-order valence-corrected chi connectivity index (χ4v) is 4.22. The third-order valence-corrected chi connectivity index (χ3v) is 5.08. The van der Waals surface area contributed by atoms with Gasteiger partial charge in [-0.15, -0.1) is 0 Å². The lowest BCUT2D eigenvalue weighted by Gasteiger charge is -2.10. The van der Waals surface area contributed by atoms with Gasteiger partial charge in [-0.2, -0.15) is 0 Å². The van der Waals surface area contributed by atoms with Crippen LogP contribution in [0.3, 0.4) is 0 Å². The van der Waals surface area contributed by atoms with Crippen molar-refractivity contribution in [3.63, 3.8) is 0 Å². The first kappa shape index (κ1) is 19.0. The number of halogens is 2. The second-order valence-corrected chi connectivity index (χ2v) is 7.29. The molecule has 1 aliphatic heterocycles. The van der Waals surface area contributed by atoms with Crippen molar-refractivity contribution in [3.05, 3.63) is 31.5 Å². The zero-order chi connectivity index (χ0) is 17.9. The number of hydrogen-bond donors (Lipinski definition) is 0. The number of carbonyl (C=O) groups is 3. The van der Waals surface area contributed by atoms with Gasteiger partial charge in [0.25, 0.3) is 11.1 Å². The number of rotatable bonds is 5. The first-order chi connectivity index (χ1) is 11.4. The predicted octanol–water partition coefficient (Wildman–Crippen LogP) is 3.82. The number of imide groups is 1. The maximum atomic E-state index is 12.3. The molecule has 0 aromatic heterocycles. The summed E-state index contributed by atoms with van der Waals surface area (Å²) in [5.41, 5.74) is 0.709. The highest BCUT2D eigenvalue weighted by molar-refractivity contribution is 9.11. The van der Waals surface area contributed by atoms with Crippen LogP contribution in [0.4, 0.5) is 4.79 Å². The van der Waals surface area contributed by atoms with E-state index in [-0.39, 0.29) is 4.91 Å². The third kappa shape index (κ3) is 4.20. The van der Waals surface area contributed by atoms with Crippen molar-refractivity contribution in [2.75, 3.05) is 20.3 Å². The molecular formula is C15H13Br2NO5S. The fourth-order valence-electron chi connectivity index (χ4n) is 1.93. The zero-order valence-corrected chi connectivity index (χ0v) is 16.8. The van der Waals surface area contributed by atoms with Gasteiger partial charge in [0, 0.05) is 0 Å². The molecule has 0 radical (unpaired) electrons. The normalized spacial score (nSPS) is 16.0. The van der Waals surface area contributed by atoms with Crippen molar-refractivity contribution in [1.29, 1.82) is 0 Å². The van der Waals surface area contributed by atoms with Crippen molar-refractivity contribution >= 4 is 66.8 Å². The molecule has 1 heterocycles. The Balaban J connectivity index is 2.27. The van der Waals surface area contributed by atoms with Gasteiger partial charge in [-0.1, -0.05) is 0 Å². The van der Waals surface area contributed by atoms with Gasteiger partial charge >= 0.3 is 5.97 Å². The minimum Gasteiger partial charge on any atom is -0.492 e. The van der Waals surface area contributed by atoms with E-state index in [4.69, 9.17) is 4.74 Å². The molecule has 0 unspecified atom stereocenters. The summed E-state index contributed by atoms with van der Waals surface area (Å²) in [5.74, 6) is -0.505. The van der Waals surface area contributed by atoms with Crippen molar-refractivity contribution in [1.82, 2.24) is 4.90 Å². The summed E-state index contributed by atoms with van der Waals surface area (Å²) in [6.45, 7) is 2.00. The number of thioether (sulfide) groups is 1. The standard InChI is InChI=1S/C15H13Br2NO5S/c1-3-23-13-9(16)4-8(5-10(13)17)6-11-14(20)18(15(21)24-11)7-12(19)22-2/h4-6H,3,7H2,1-2H3. The number of nitrogens with zero attached hydrogens (tertiary/aromatic N) is 1. The van der Waals surface area contributed by atoms with E-state index in [0.29, 0.717) is 17.9 Å². The maximum absolute atomic E-state index is 12.3. The lowest BCUT2D eigenvalue weighted by Crippen LogP contribution is -2.34. The van der Waals surface area contributed by atoms with Gasteiger partial charge in [0.2, 0.25) is 0 Å². The van der Waals surface area contributed by atoms with Crippen molar-refractivity contribution in [2.45, 2.75) is 6.92 Å². The molecule has 24 heavy (non-hydrogen) atoms. The molecule has 1 fully saturated rings. The van der Waals surface area contributed by atoms with Gasteiger partial charge in [0.05, 0.1) is 27.6 Å². The highest BCUT2D eigenvalue weighted by Gasteiger charge is 2.36. The summed E-state index contributed by atoms with van der Waals surface area (Å²) in [4.78, 5) is 36.6. The molecule has 1 aromatic carbocycles. The Labute approximate surface area is 159 Å². The van der Waals surface area contributed by atoms with Crippen molar-refractivity contribution in [2.24, 2.45) is 0 Å². The second-order valence-electron chi connectivity index (χ2n) is 4.59. The highest BCUT2D eigenvalue weighted by atomic mass is 79.9. The van der Waals surface area contributed by atoms with E-state index in [1.807, 2.05) is 6.92 Å². The van der Waals surface area contributed by atoms with Crippen LogP contribution in [0.1, 0.15) is 12.5 Å². The lowest BCUT2D eigenvalue weighted by molar-refractivity contribution is -0.143. The van der Waals surface area contributed by atoms with Gasteiger partial charge in [-0.05, 0) is 74.3 Å². The molecule has 1 aliphatic rings. The molecule has 1 saturated heterocycles. The molecule has 0 spiro atoms. The topological polar surface area (TPSA) is 72.9 Å². The number of hydrogen-bond acceptors (Lipinski definition) is 6. The summed E-state index contributed by atoms with van der Waals surface area (Å²) in [7, 11) is 1.20. The number of benzene rings is 1. The Hall–Kier alpha value is -1.32. The van der Waals surface area contributed by atoms with E-state index < -0.39 is 23.7 Å². The molecule has 2 rings (SSSR count). The average Bonchev–Trinajstić information content (AvgIpc) is 2.78. The first-order valence-corrected chi connectivity index (χ1v) is 9.21. The first-order valence-electron chi connectivity index (χ1n) is 6.81. The monoisotopic (exact) mass is 477 g/mol. The van der Waals surface area contributed by atoms with Gasteiger partial charge in [-0.25, -0.2) is 0 Å². The summed E-state index contributed by atoms with van der Waals surface area (Å²) < 4.78 is 11.4. The summed E-state index contributed by atoms with van der Waals surface area (Å²) in [5, 5.41) is -0.499. The van der Waals surface area contributed by atoms with E-state index >= 15 is 0 Å².